The molecular formula is C25H20O3S2. The van der Waals surface area contributed by atoms with Crippen molar-refractivity contribution < 1.29 is 14.4 Å². The number of thiol groups is 1. The second-order valence-corrected chi connectivity index (χ2v) is 10.6. The van der Waals surface area contributed by atoms with Gasteiger partial charge in [0.1, 0.15) is 18.1 Å². The second kappa shape index (κ2) is 8.11. The molecule has 0 bridgehead atoms. The van der Waals surface area contributed by atoms with Crippen molar-refractivity contribution in [3.63, 3.8) is 0 Å². The van der Waals surface area contributed by atoms with Crippen molar-refractivity contribution >= 4 is 22.1 Å². The van der Waals surface area contributed by atoms with E-state index in [1.807, 2.05) is 60.7 Å². The lowest BCUT2D eigenvalue weighted by atomic mass is 10.2. The fourth-order valence-corrected chi connectivity index (χ4v) is 8.10. The summed E-state index contributed by atoms with van der Waals surface area (Å²) in [6.45, 7) is 0.443. The minimum atomic E-state index is -1.14. The molecule has 0 fully saturated rings. The zero-order valence-corrected chi connectivity index (χ0v) is 17.8. The molecule has 5 rings (SSSR count). The SMILES string of the molecule is [O-][S+]1c2ccccc2[SH](c2ccc(OCc3ccc(O)cc3)cc2)c2ccccc21. The van der Waals surface area contributed by atoms with Gasteiger partial charge in [-0.3, -0.25) is 0 Å². The Kier molecular flexibility index (Phi) is 5.17. The smallest absolute Gasteiger partial charge is 0.170 e. The largest absolute Gasteiger partial charge is 0.606 e. The predicted molar refractivity (Wildman–Crippen MR) is 120 cm³/mol. The fraction of sp³-hybridized carbons (Fsp3) is 0.0400. The number of fused-ring (bicyclic) bond motifs is 2. The average Bonchev–Trinajstić information content (AvgIpc) is 2.80. The van der Waals surface area contributed by atoms with Crippen LogP contribution in [0.25, 0.3) is 0 Å². The van der Waals surface area contributed by atoms with E-state index in [2.05, 4.69) is 24.3 Å². The van der Waals surface area contributed by atoms with Crippen molar-refractivity contribution in [3.05, 3.63) is 103 Å². The topological polar surface area (TPSA) is 52.5 Å². The molecule has 0 unspecified atom stereocenters. The van der Waals surface area contributed by atoms with Crippen LogP contribution in [0.5, 0.6) is 11.5 Å². The van der Waals surface area contributed by atoms with E-state index in [1.165, 1.54) is 4.90 Å². The van der Waals surface area contributed by atoms with Gasteiger partial charge in [0.15, 0.2) is 9.79 Å². The van der Waals surface area contributed by atoms with Crippen molar-refractivity contribution in [1.82, 2.24) is 0 Å². The highest BCUT2D eigenvalue weighted by atomic mass is 32.2. The Morgan fingerprint density at radius 2 is 1.30 bits per heavy atom. The van der Waals surface area contributed by atoms with Gasteiger partial charge in [-0.1, -0.05) is 36.4 Å². The maximum absolute atomic E-state index is 13.1. The summed E-state index contributed by atoms with van der Waals surface area (Å²) >= 11 is -1.14. The van der Waals surface area contributed by atoms with E-state index in [9.17, 15) is 9.66 Å². The summed E-state index contributed by atoms with van der Waals surface area (Å²) in [6.07, 6.45) is 0. The highest BCUT2D eigenvalue weighted by molar-refractivity contribution is 8.18. The van der Waals surface area contributed by atoms with Crippen LogP contribution < -0.4 is 4.74 Å². The number of rotatable bonds is 4. The number of aromatic hydroxyl groups is 1. The van der Waals surface area contributed by atoms with Gasteiger partial charge in [-0.2, -0.15) is 10.9 Å². The third kappa shape index (κ3) is 3.56. The highest BCUT2D eigenvalue weighted by Crippen LogP contribution is 2.59. The molecule has 1 aliphatic rings. The Morgan fingerprint density at radius 3 is 1.90 bits per heavy atom. The van der Waals surface area contributed by atoms with E-state index in [0.717, 1.165) is 30.9 Å². The minimum absolute atomic E-state index is 0.249. The summed E-state index contributed by atoms with van der Waals surface area (Å²) in [4.78, 5) is 5.34. The molecule has 0 saturated carbocycles. The van der Waals surface area contributed by atoms with Crippen LogP contribution in [0.15, 0.2) is 122 Å². The molecule has 0 spiro atoms. The van der Waals surface area contributed by atoms with Gasteiger partial charge in [0, 0.05) is 11.2 Å². The number of phenols is 1. The van der Waals surface area contributed by atoms with Crippen LogP contribution in [0.3, 0.4) is 0 Å². The van der Waals surface area contributed by atoms with Gasteiger partial charge in [-0.25, -0.2) is 0 Å². The molecule has 1 heterocycles. The predicted octanol–water partition coefficient (Wildman–Crippen LogP) is 5.93. The Balaban J connectivity index is 1.44. The molecule has 1 aliphatic heterocycles. The monoisotopic (exact) mass is 432 g/mol. The molecule has 5 heteroatoms. The van der Waals surface area contributed by atoms with Crippen molar-refractivity contribution in [3.8, 4) is 11.5 Å². The summed E-state index contributed by atoms with van der Waals surface area (Å²) in [7, 11) is -0.771. The normalized spacial score (nSPS) is 18.3. The fourth-order valence-electron chi connectivity index (χ4n) is 3.57. The molecule has 0 amide bonds. The van der Waals surface area contributed by atoms with Crippen molar-refractivity contribution in [2.24, 2.45) is 0 Å². The number of ether oxygens (including phenoxy) is 1. The average molecular weight is 433 g/mol. The van der Waals surface area contributed by atoms with Crippen LogP contribution >= 0.6 is 10.9 Å². The zero-order valence-electron chi connectivity index (χ0n) is 16.1. The van der Waals surface area contributed by atoms with Gasteiger partial charge in [-0.15, -0.1) is 0 Å². The first-order valence-corrected chi connectivity index (χ1v) is 12.1. The van der Waals surface area contributed by atoms with Gasteiger partial charge in [0.2, 0.25) is 0 Å². The summed E-state index contributed by atoms with van der Waals surface area (Å²) in [5, 5.41) is 9.39. The Bertz CT molecular complexity index is 1130. The molecular weight excluding hydrogens is 412 g/mol. The van der Waals surface area contributed by atoms with E-state index in [0.29, 0.717) is 6.61 Å². The Morgan fingerprint density at radius 1 is 0.733 bits per heavy atom. The van der Waals surface area contributed by atoms with Crippen LogP contribution in [-0.2, 0) is 17.8 Å². The van der Waals surface area contributed by atoms with Gasteiger partial charge >= 0.3 is 0 Å². The molecule has 0 saturated heterocycles. The molecule has 150 valence electrons. The Labute approximate surface area is 181 Å². The maximum atomic E-state index is 13.1. The number of hydrogen-bond acceptors (Lipinski definition) is 3. The van der Waals surface area contributed by atoms with Gasteiger partial charge in [0.25, 0.3) is 0 Å². The first-order valence-electron chi connectivity index (χ1n) is 9.61. The van der Waals surface area contributed by atoms with Crippen molar-refractivity contribution in [2.45, 2.75) is 31.1 Å². The third-order valence-electron chi connectivity index (χ3n) is 5.05. The molecule has 4 aromatic rings. The minimum Gasteiger partial charge on any atom is -0.606 e. The van der Waals surface area contributed by atoms with Crippen LogP contribution in [0.1, 0.15) is 5.56 Å². The van der Waals surface area contributed by atoms with E-state index in [4.69, 9.17) is 4.74 Å². The third-order valence-corrected chi connectivity index (χ3v) is 9.42. The van der Waals surface area contributed by atoms with E-state index in [-0.39, 0.29) is 5.75 Å². The molecule has 0 aliphatic carbocycles. The van der Waals surface area contributed by atoms with Crippen LogP contribution in [0.2, 0.25) is 0 Å². The molecule has 1 N–H and O–H groups in total. The van der Waals surface area contributed by atoms with Crippen LogP contribution in [-0.4, -0.2) is 9.66 Å². The van der Waals surface area contributed by atoms with Gasteiger partial charge < -0.3 is 14.4 Å². The number of hydrogen-bond donors (Lipinski definition) is 2. The molecule has 3 nitrogen and oxygen atoms in total. The first kappa shape index (κ1) is 19.1. The van der Waals surface area contributed by atoms with Crippen molar-refractivity contribution in [2.75, 3.05) is 0 Å². The van der Waals surface area contributed by atoms with E-state index in [1.54, 1.807) is 12.1 Å². The lowest BCUT2D eigenvalue weighted by Crippen LogP contribution is -2.12. The summed E-state index contributed by atoms with van der Waals surface area (Å²) in [6, 6.07) is 31.3. The molecule has 30 heavy (non-hydrogen) atoms. The quantitative estimate of drug-likeness (QED) is 0.310. The molecule has 4 aromatic carbocycles. The van der Waals surface area contributed by atoms with Gasteiger partial charge in [-0.05, 0) is 71.1 Å². The Hall–Kier alpha value is -2.86. The van der Waals surface area contributed by atoms with Gasteiger partial charge in [0.05, 0.1) is 9.79 Å². The maximum Gasteiger partial charge on any atom is 0.170 e. The number of phenolic OH excluding ortho intramolecular Hbond substituents is 1. The van der Waals surface area contributed by atoms with Crippen molar-refractivity contribution in [1.29, 1.82) is 0 Å². The summed E-state index contributed by atoms with van der Waals surface area (Å²) < 4.78 is 19.0. The molecule has 0 aromatic heterocycles. The van der Waals surface area contributed by atoms with E-state index >= 15 is 0 Å². The molecule has 0 atom stereocenters. The summed E-state index contributed by atoms with van der Waals surface area (Å²) in [5.41, 5.74) is 0.999. The van der Waals surface area contributed by atoms with Crippen LogP contribution in [0, 0.1) is 0 Å². The standard InChI is InChI=1S/C25H20O3S2/c26-19-11-9-18(10-12-19)17-28-20-13-15-21(16-14-20)29-22-5-1-3-7-24(22)30(27)25-8-4-2-6-23(25)29/h1-16,26,29H,17H2. The summed E-state index contributed by atoms with van der Waals surface area (Å²) in [5.74, 6) is 1.04. The lowest BCUT2D eigenvalue weighted by molar-refractivity contribution is 0.306. The first-order chi connectivity index (χ1) is 14.7. The zero-order chi connectivity index (χ0) is 20.5. The molecule has 0 radical (unpaired) electrons. The van der Waals surface area contributed by atoms with Crippen LogP contribution in [0.4, 0.5) is 0 Å². The highest BCUT2D eigenvalue weighted by Gasteiger charge is 2.33. The van der Waals surface area contributed by atoms with E-state index < -0.39 is 22.1 Å². The lowest BCUT2D eigenvalue weighted by Gasteiger charge is -2.31. The number of benzene rings is 4. The second-order valence-electron chi connectivity index (χ2n) is 6.99.